The van der Waals surface area contributed by atoms with E-state index in [2.05, 4.69) is 11.1 Å². The second-order valence-electron chi connectivity index (χ2n) is 2.90. The largest absolute Gasteiger partial charge is 0.237 e. The minimum atomic E-state index is 1.06. The molecular formula is C12H11NS. The first kappa shape index (κ1) is 9.16. The third-order valence-corrected chi connectivity index (χ3v) is 2.85. The van der Waals surface area contributed by atoms with Gasteiger partial charge >= 0.3 is 0 Å². The van der Waals surface area contributed by atoms with Crippen LogP contribution in [0.1, 0.15) is 11.9 Å². The molecule has 0 radical (unpaired) electrons. The Morgan fingerprint density at radius 3 is 2.86 bits per heavy atom. The van der Waals surface area contributed by atoms with Gasteiger partial charge in [0.1, 0.15) is 5.01 Å². The molecule has 1 aromatic heterocycles. The monoisotopic (exact) mass is 201 g/mol. The molecule has 0 saturated carbocycles. The zero-order valence-corrected chi connectivity index (χ0v) is 8.79. The molecule has 0 atom stereocenters. The molecule has 0 fully saturated rings. The number of hydrogen-bond donors (Lipinski definition) is 0. The van der Waals surface area contributed by atoms with Crippen molar-refractivity contribution in [1.82, 2.24) is 4.98 Å². The lowest BCUT2D eigenvalue weighted by Crippen LogP contribution is -1.66. The van der Waals surface area contributed by atoms with Gasteiger partial charge in [-0.15, -0.1) is 11.3 Å². The van der Waals surface area contributed by atoms with E-state index in [1.165, 1.54) is 4.70 Å². The summed E-state index contributed by atoms with van der Waals surface area (Å²) in [5, 5.41) is 1.06. The van der Waals surface area contributed by atoms with E-state index in [4.69, 9.17) is 0 Å². The number of fused-ring (bicyclic) bond motifs is 1. The first-order valence-electron chi connectivity index (χ1n) is 4.55. The van der Waals surface area contributed by atoms with Gasteiger partial charge in [-0.2, -0.15) is 0 Å². The maximum absolute atomic E-state index is 4.48. The van der Waals surface area contributed by atoms with E-state index >= 15 is 0 Å². The van der Waals surface area contributed by atoms with Gasteiger partial charge in [0, 0.05) is 0 Å². The average molecular weight is 201 g/mol. The van der Waals surface area contributed by atoms with Crippen molar-refractivity contribution >= 4 is 27.6 Å². The van der Waals surface area contributed by atoms with Crippen LogP contribution in [0.2, 0.25) is 0 Å². The Morgan fingerprint density at radius 2 is 2.07 bits per heavy atom. The third kappa shape index (κ3) is 1.91. The summed E-state index contributed by atoms with van der Waals surface area (Å²) in [6.07, 6.45) is 8.05. The molecule has 0 aliphatic rings. The Balaban J connectivity index is 2.35. The van der Waals surface area contributed by atoms with Gasteiger partial charge in [0.2, 0.25) is 0 Å². The van der Waals surface area contributed by atoms with E-state index in [1.54, 1.807) is 11.3 Å². The molecule has 0 unspecified atom stereocenters. The lowest BCUT2D eigenvalue weighted by Gasteiger charge is -1.80. The standard InChI is InChI=1S/C12H11NS/c1-2-3-4-9-12-13-10-7-5-6-8-11(10)14-12/h2-9H,1H3/b3-2+,9-4+. The zero-order chi connectivity index (χ0) is 9.80. The fourth-order valence-electron chi connectivity index (χ4n) is 1.21. The van der Waals surface area contributed by atoms with E-state index in [0.717, 1.165) is 10.5 Å². The van der Waals surface area contributed by atoms with Crippen molar-refractivity contribution in [2.24, 2.45) is 0 Å². The summed E-state index contributed by atoms with van der Waals surface area (Å²) in [5.74, 6) is 0. The van der Waals surface area contributed by atoms with Gasteiger partial charge in [0.05, 0.1) is 10.2 Å². The molecule has 14 heavy (non-hydrogen) atoms. The molecule has 2 aromatic rings. The van der Waals surface area contributed by atoms with Crippen LogP contribution in [-0.4, -0.2) is 4.98 Å². The van der Waals surface area contributed by atoms with Crippen LogP contribution >= 0.6 is 11.3 Å². The second kappa shape index (κ2) is 4.20. The molecule has 2 rings (SSSR count). The molecule has 0 spiro atoms. The van der Waals surface area contributed by atoms with Crippen LogP contribution in [-0.2, 0) is 0 Å². The van der Waals surface area contributed by atoms with Crippen LogP contribution in [0, 0.1) is 0 Å². The van der Waals surface area contributed by atoms with Crippen molar-refractivity contribution in [3.8, 4) is 0 Å². The predicted octanol–water partition coefficient (Wildman–Crippen LogP) is 3.89. The highest BCUT2D eigenvalue weighted by Gasteiger charge is 1.97. The maximum atomic E-state index is 4.48. The van der Waals surface area contributed by atoms with Crippen molar-refractivity contribution in [3.05, 3.63) is 47.5 Å². The number of benzene rings is 1. The van der Waals surface area contributed by atoms with Gasteiger partial charge in [-0.1, -0.05) is 30.4 Å². The van der Waals surface area contributed by atoms with Crippen LogP contribution in [0.3, 0.4) is 0 Å². The van der Waals surface area contributed by atoms with Gasteiger partial charge in [0.15, 0.2) is 0 Å². The fourth-order valence-corrected chi connectivity index (χ4v) is 2.09. The Hall–Kier alpha value is -1.41. The van der Waals surface area contributed by atoms with Crippen molar-refractivity contribution in [2.45, 2.75) is 6.92 Å². The lowest BCUT2D eigenvalue weighted by molar-refractivity contribution is 1.46. The Labute approximate surface area is 87.4 Å². The van der Waals surface area contributed by atoms with Crippen LogP contribution in [0.25, 0.3) is 16.3 Å². The van der Waals surface area contributed by atoms with Crippen LogP contribution in [0.5, 0.6) is 0 Å². The first-order valence-corrected chi connectivity index (χ1v) is 5.37. The summed E-state index contributed by atoms with van der Waals surface area (Å²) >= 11 is 1.72. The smallest absolute Gasteiger partial charge is 0.117 e. The average Bonchev–Trinajstić information content (AvgIpc) is 2.60. The van der Waals surface area contributed by atoms with E-state index in [9.17, 15) is 0 Å². The quantitative estimate of drug-likeness (QED) is 0.672. The van der Waals surface area contributed by atoms with Crippen molar-refractivity contribution in [1.29, 1.82) is 0 Å². The summed E-state index contributed by atoms with van der Waals surface area (Å²) in [5.41, 5.74) is 1.08. The number of hydrogen-bond acceptors (Lipinski definition) is 2. The minimum absolute atomic E-state index is 1.06. The molecule has 1 nitrogen and oxygen atoms in total. The summed E-state index contributed by atoms with van der Waals surface area (Å²) in [7, 11) is 0. The Bertz CT molecular complexity index is 447. The fraction of sp³-hybridized carbons (Fsp3) is 0.0833. The highest BCUT2D eigenvalue weighted by atomic mass is 32.1. The van der Waals surface area contributed by atoms with Crippen molar-refractivity contribution in [3.63, 3.8) is 0 Å². The SMILES string of the molecule is C/C=C/C=C/c1nc2ccccc2s1. The summed E-state index contributed by atoms with van der Waals surface area (Å²) in [6, 6.07) is 8.19. The molecule has 0 bridgehead atoms. The second-order valence-corrected chi connectivity index (χ2v) is 3.97. The number of para-hydroxylation sites is 1. The molecule has 0 saturated heterocycles. The van der Waals surface area contributed by atoms with E-state index in [-0.39, 0.29) is 0 Å². The molecule has 0 amide bonds. The van der Waals surface area contributed by atoms with E-state index in [1.807, 2.05) is 49.4 Å². The molecule has 1 aromatic carbocycles. The molecule has 2 heteroatoms. The van der Waals surface area contributed by atoms with Crippen molar-refractivity contribution in [2.75, 3.05) is 0 Å². The predicted molar refractivity (Wildman–Crippen MR) is 63.5 cm³/mol. The van der Waals surface area contributed by atoms with E-state index in [0.29, 0.717) is 0 Å². The number of aromatic nitrogens is 1. The molecule has 0 aliphatic carbocycles. The number of thiazole rings is 1. The van der Waals surface area contributed by atoms with Crippen molar-refractivity contribution < 1.29 is 0 Å². The zero-order valence-electron chi connectivity index (χ0n) is 7.97. The van der Waals surface area contributed by atoms with Gasteiger partial charge in [0.25, 0.3) is 0 Å². The number of rotatable bonds is 2. The normalized spacial score (nSPS) is 12.1. The molecule has 1 heterocycles. The molecule has 0 aliphatic heterocycles. The summed E-state index contributed by atoms with van der Waals surface area (Å²) < 4.78 is 1.24. The highest BCUT2D eigenvalue weighted by Crippen LogP contribution is 2.22. The third-order valence-electron chi connectivity index (χ3n) is 1.85. The molecular weight excluding hydrogens is 190 g/mol. The summed E-state index contributed by atoms with van der Waals surface area (Å²) in [4.78, 5) is 4.48. The highest BCUT2D eigenvalue weighted by molar-refractivity contribution is 7.19. The van der Waals surface area contributed by atoms with E-state index < -0.39 is 0 Å². The minimum Gasteiger partial charge on any atom is -0.237 e. The number of nitrogens with zero attached hydrogens (tertiary/aromatic N) is 1. The van der Waals surface area contributed by atoms with Gasteiger partial charge in [-0.05, 0) is 25.1 Å². The Morgan fingerprint density at radius 1 is 1.21 bits per heavy atom. The first-order chi connectivity index (χ1) is 6.90. The van der Waals surface area contributed by atoms with Crippen LogP contribution < -0.4 is 0 Å². The van der Waals surface area contributed by atoms with Crippen LogP contribution in [0.4, 0.5) is 0 Å². The Kier molecular flexibility index (Phi) is 2.75. The van der Waals surface area contributed by atoms with Gasteiger partial charge < -0.3 is 0 Å². The molecule has 70 valence electrons. The van der Waals surface area contributed by atoms with Gasteiger partial charge in [-0.3, -0.25) is 0 Å². The molecule has 0 N–H and O–H groups in total. The number of allylic oxidation sites excluding steroid dienone is 3. The van der Waals surface area contributed by atoms with Gasteiger partial charge in [-0.25, -0.2) is 4.98 Å². The maximum Gasteiger partial charge on any atom is 0.117 e. The lowest BCUT2D eigenvalue weighted by atomic mass is 10.3. The van der Waals surface area contributed by atoms with Crippen LogP contribution in [0.15, 0.2) is 42.5 Å². The topological polar surface area (TPSA) is 12.9 Å². The summed E-state index contributed by atoms with van der Waals surface area (Å²) in [6.45, 7) is 2.00.